The molecule has 0 aliphatic heterocycles. The Bertz CT molecular complexity index is 1510. The number of imidazole rings is 1. The second-order valence-electron chi connectivity index (χ2n) is 8.22. The van der Waals surface area contributed by atoms with Crippen LogP contribution in [0.3, 0.4) is 0 Å². The van der Waals surface area contributed by atoms with Crippen LogP contribution in [0.25, 0.3) is 27.8 Å². The van der Waals surface area contributed by atoms with Crippen LogP contribution in [0, 0.1) is 6.92 Å². The maximum atomic E-state index is 13.2. The van der Waals surface area contributed by atoms with Crippen molar-refractivity contribution in [2.75, 3.05) is 0 Å². The number of hydrogen-bond donors (Lipinski definition) is 0. The van der Waals surface area contributed by atoms with Crippen LogP contribution in [0.1, 0.15) is 23.1 Å². The molecule has 5 rings (SSSR count). The van der Waals surface area contributed by atoms with Gasteiger partial charge in [0.25, 0.3) is 0 Å². The number of rotatable bonds is 5. The summed E-state index contributed by atoms with van der Waals surface area (Å²) in [6.07, 6.45) is 4.59. The Morgan fingerprint density at radius 3 is 2.50 bits per heavy atom. The molecule has 32 heavy (non-hydrogen) atoms. The first kappa shape index (κ1) is 20.5. The summed E-state index contributed by atoms with van der Waals surface area (Å²) < 4.78 is 3.43. The van der Waals surface area contributed by atoms with Gasteiger partial charge in [-0.05, 0) is 55.0 Å². The first-order valence-electron chi connectivity index (χ1n) is 10.8. The van der Waals surface area contributed by atoms with Crippen molar-refractivity contribution >= 4 is 28.2 Å². The van der Waals surface area contributed by atoms with Crippen LogP contribution >= 0.6 is 11.6 Å². The van der Waals surface area contributed by atoms with Gasteiger partial charge in [0.1, 0.15) is 0 Å². The van der Waals surface area contributed by atoms with Crippen LogP contribution in [-0.2, 0) is 19.9 Å². The Morgan fingerprint density at radius 1 is 0.906 bits per heavy atom. The van der Waals surface area contributed by atoms with Gasteiger partial charge in [-0.2, -0.15) is 0 Å². The van der Waals surface area contributed by atoms with Crippen molar-refractivity contribution < 1.29 is 0 Å². The molecule has 0 aliphatic carbocycles. The van der Waals surface area contributed by atoms with Crippen LogP contribution in [0.2, 0.25) is 5.02 Å². The monoisotopic (exact) mass is 441 g/mol. The summed E-state index contributed by atoms with van der Waals surface area (Å²) in [6, 6.07) is 22.4. The Hall–Kier alpha value is -3.37. The lowest BCUT2D eigenvalue weighted by molar-refractivity contribution is 0.816. The van der Waals surface area contributed by atoms with Gasteiger partial charge in [0.2, 0.25) is 0 Å². The molecule has 0 saturated heterocycles. The second-order valence-corrected chi connectivity index (χ2v) is 8.60. The molecule has 0 unspecified atom stereocenters. The highest BCUT2D eigenvalue weighted by Gasteiger charge is 2.16. The summed E-state index contributed by atoms with van der Waals surface area (Å²) in [5, 5.41) is 1.82. The van der Waals surface area contributed by atoms with E-state index in [-0.39, 0.29) is 5.69 Å². The summed E-state index contributed by atoms with van der Waals surface area (Å²) >= 11 is 6.48. The van der Waals surface area contributed by atoms with Gasteiger partial charge in [0, 0.05) is 23.0 Å². The summed E-state index contributed by atoms with van der Waals surface area (Å²) in [5.74, 6) is 0. The van der Waals surface area contributed by atoms with E-state index in [1.54, 1.807) is 8.97 Å². The molecule has 0 spiro atoms. The number of aryl methyl sites for hydroxylation is 4. The Labute approximate surface area is 191 Å². The molecule has 5 heteroatoms. The van der Waals surface area contributed by atoms with Crippen LogP contribution in [-0.4, -0.2) is 14.0 Å². The Kier molecular flexibility index (Phi) is 5.32. The molecular formula is C27H24ClN3O. The fraction of sp³-hybridized carbons (Fsp3) is 0.185. The number of benzene rings is 3. The predicted octanol–water partition coefficient (Wildman–Crippen LogP) is 5.99. The van der Waals surface area contributed by atoms with Crippen molar-refractivity contribution in [1.29, 1.82) is 0 Å². The van der Waals surface area contributed by atoms with E-state index in [0.717, 1.165) is 52.0 Å². The highest BCUT2D eigenvalue weighted by Crippen LogP contribution is 2.28. The molecule has 0 amide bonds. The maximum Gasteiger partial charge on any atom is 0.334 e. The minimum atomic E-state index is -0.0902. The van der Waals surface area contributed by atoms with Gasteiger partial charge in [-0.15, -0.1) is 0 Å². The molecule has 2 aromatic heterocycles. The third-order valence-electron chi connectivity index (χ3n) is 6.20. The first-order chi connectivity index (χ1) is 15.6. The van der Waals surface area contributed by atoms with E-state index in [1.807, 2.05) is 56.6 Å². The number of hydrogen-bond acceptors (Lipinski definition) is 2. The lowest BCUT2D eigenvalue weighted by atomic mass is 9.98. The van der Waals surface area contributed by atoms with E-state index in [1.165, 1.54) is 11.1 Å². The quantitative estimate of drug-likeness (QED) is 0.336. The topological polar surface area (TPSA) is 39.3 Å². The van der Waals surface area contributed by atoms with E-state index in [2.05, 4.69) is 35.3 Å². The van der Waals surface area contributed by atoms with Crippen LogP contribution in [0.4, 0.5) is 0 Å². The molecule has 0 atom stereocenters. The minimum Gasteiger partial charge on any atom is -0.296 e. The Morgan fingerprint density at radius 2 is 1.62 bits per heavy atom. The molecule has 0 saturated carbocycles. The van der Waals surface area contributed by atoms with Crippen LogP contribution in [0.15, 0.2) is 77.7 Å². The molecule has 0 fully saturated rings. The highest BCUT2D eigenvalue weighted by atomic mass is 35.5. The smallest absolute Gasteiger partial charge is 0.296 e. The Balaban J connectivity index is 1.54. The number of fused-ring (bicyclic) bond motifs is 3. The summed E-state index contributed by atoms with van der Waals surface area (Å²) in [7, 11) is 1.81. The minimum absolute atomic E-state index is 0.0902. The van der Waals surface area contributed by atoms with Crippen LogP contribution in [0.5, 0.6) is 0 Å². The molecular weight excluding hydrogens is 418 g/mol. The zero-order valence-electron chi connectivity index (χ0n) is 18.2. The molecule has 0 N–H and O–H groups in total. The van der Waals surface area contributed by atoms with Crippen LogP contribution < -0.4 is 5.69 Å². The van der Waals surface area contributed by atoms with Crippen molar-refractivity contribution in [2.45, 2.75) is 26.2 Å². The van der Waals surface area contributed by atoms with E-state index >= 15 is 0 Å². The van der Waals surface area contributed by atoms with E-state index in [0.29, 0.717) is 5.65 Å². The largest absolute Gasteiger partial charge is 0.334 e. The zero-order valence-corrected chi connectivity index (χ0v) is 18.9. The van der Waals surface area contributed by atoms with Crippen molar-refractivity contribution in [3.8, 4) is 11.3 Å². The molecule has 4 nitrogen and oxygen atoms in total. The number of para-hydroxylation sites is 1. The van der Waals surface area contributed by atoms with Gasteiger partial charge in [-0.25, -0.2) is 14.2 Å². The van der Waals surface area contributed by atoms with E-state index < -0.39 is 0 Å². The predicted molar refractivity (Wildman–Crippen MR) is 132 cm³/mol. The third-order valence-corrected chi connectivity index (χ3v) is 6.74. The normalized spacial score (nSPS) is 11.5. The number of halogens is 1. The standard InChI is InChI=1S/C27H24ClN3O/c1-18-9-7-12-20(25(18)28)13-8-11-19-10-3-4-14-21(19)24-17-29-26-22-15-5-6-16-23(22)30(2)27(32)31(24)26/h3-7,9-10,12,14-17H,8,11,13H2,1-2H3. The number of aromatic nitrogens is 3. The molecule has 0 radical (unpaired) electrons. The fourth-order valence-corrected chi connectivity index (χ4v) is 4.71. The SMILES string of the molecule is Cc1cccc(CCCc2ccccc2-c2cnc3c4ccccc4n(C)c(=O)n23)c1Cl. The first-order valence-corrected chi connectivity index (χ1v) is 11.2. The second kappa shape index (κ2) is 8.29. The zero-order chi connectivity index (χ0) is 22.2. The molecule has 2 heterocycles. The molecule has 0 bridgehead atoms. The van der Waals surface area contributed by atoms with Gasteiger partial charge in [0.05, 0.1) is 17.4 Å². The van der Waals surface area contributed by atoms with Gasteiger partial charge in [-0.3, -0.25) is 4.57 Å². The third kappa shape index (κ3) is 3.41. The van der Waals surface area contributed by atoms with Gasteiger partial charge in [-0.1, -0.05) is 66.2 Å². The van der Waals surface area contributed by atoms with Crippen molar-refractivity contribution in [1.82, 2.24) is 14.0 Å². The summed E-state index contributed by atoms with van der Waals surface area (Å²) in [5.41, 5.74) is 6.85. The number of nitrogens with zero attached hydrogens (tertiary/aromatic N) is 3. The highest BCUT2D eigenvalue weighted by molar-refractivity contribution is 6.32. The lowest BCUT2D eigenvalue weighted by Gasteiger charge is -2.12. The lowest BCUT2D eigenvalue weighted by Crippen LogP contribution is -2.25. The average Bonchev–Trinajstić information content (AvgIpc) is 3.26. The average molecular weight is 442 g/mol. The van der Waals surface area contributed by atoms with E-state index in [4.69, 9.17) is 11.6 Å². The van der Waals surface area contributed by atoms with E-state index in [9.17, 15) is 4.79 Å². The summed E-state index contributed by atoms with van der Waals surface area (Å²) in [4.78, 5) is 17.9. The molecule has 160 valence electrons. The van der Waals surface area contributed by atoms with Crippen molar-refractivity contribution in [3.05, 3.63) is 105 Å². The van der Waals surface area contributed by atoms with Crippen molar-refractivity contribution in [3.63, 3.8) is 0 Å². The van der Waals surface area contributed by atoms with Gasteiger partial charge < -0.3 is 0 Å². The fourth-order valence-electron chi connectivity index (χ4n) is 4.49. The molecule has 5 aromatic rings. The summed E-state index contributed by atoms with van der Waals surface area (Å²) in [6.45, 7) is 2.04. The molecule has 3 aromatic carbocycles. The van der Waals surface area contributed by atoms with Crippen molar-refractivity contribution in [2.24, 2.45) is 7.05 Å². The van der Waals surface area contributed by atoms with Gasteiger partial charge in [0.15, 0.2) is 5.65 Å². The molecule has 0 aliphatic rings. The maximum absolute atomic E-state index is 13.2. The van der Waals surface area contributed by atoms with Gasteiger partial charge >= 0.3 is 5.69 Å².